The SMILES string of the molecule is CNCC(=O)NC(C)C(=O)Nc1ccc(C(=O)NCCCC(C=O)NC(=O)c2ccc(NCc3cnc4nc(N)nc(N)c4n3)c(OC)c2)c(/C(N)=N/NN)c1. The van der Waals surface area contributed by atoms with Gasteiger partial charge in [0.25, 0.3) is 11.8 Å². The smallest absolute Gasteiger partial charge is 0.252 e. The van der Waals surface area contributed by atoms with E-state index in [1.165, 1.54) is 44.5 Å². The Morgan fingerprint density at radius 2 is 1.79 bits per heavy atom. The molecule has 4 rings (SSSR count). The van der Waals surface area contributed by atoms with Gasteiger partial charge in [-0.1, -0.05) is 0 Å². The number of fused-ring (bicyclic) bond motifs is 1. The quantitative estimate of drug-likeness (QED) is 0.0128. The lowest BCUT2D eigenvalue weighted by molar-refractivity contribution is -0.125. The fourth-order valence-electron chi connectivity index (χ4n) is 5.21. The van der Waals surface area contributed by atoms with Crippen molar-refractivity contribution in [2.24, 2.45) is 16.7 Å². The van der Waals surface area contributed by atoms with Gasteiger partial charge in [0.15, 0.2) is 22.8 Å². The van der Waals surface area contributed by atoms with Crippen molar-refractivity contribution in [1.82, 2.24) is 46.7 Å². The summed E-state index contributed by atoms with van der Waals surface area (Å²) in [6.07, 6.45) is 2.66. The van der Waals surface area contributed by atoms with Crippen LogP contribution >= 0.6 is 0 Å². The molecule has 22 nitrogen and oxygen atoms in total. The fraction of sp³-hybridized carbons (Fsp3) is 0.294. The molecule has 0 aliphatic heterocycles. The second-order valence-electron chi connectivity index (χ2n) is 12.1. The average Bonchev–Trinajstić information content (AvgIpc) is 3.18. The van der Waals surface area contributed by atoms with E-state index in [4.69, 9.17) is 27.8 Å². The molecule has 15 N–H and O–H groups in total. The van der Waals surface area contributed by atoms with Crippen molar-refractivity contribution in [3.05, 3.63) is 65.0 Å². The molecule has 4 amide bonds. The lowest BCUT2D eigenvalue weighted by Gasteiger charge is -2.16. The van der Waals surface area contributed by atoms with E-state index in [1.807, 2.05) is 0 Å². The Bertz CT molecular complexity index is 2110. The average molecular weight is 773 g/mol. The Hall–Kier alpha value is -7.20. The van der Waals surface area contributed by atoms with Crippen molar-refractivity contribution in [3.8, 4) is 5.75 Å². The number of likely N-dealkylation sites (N-methyl/N-ethyl adjacent to an activating group) is 1. The predicted octanol–water partition coefficient (Wildman–Crippen LogP) is -1.54. The zero-order chi connectivity index (χ0) is 40.8. The van der Waals surface area contributed by atoms with E-state index < -0.39 is 29.8 Å². The number of hydrazine groups is 1. The largest absolute Gasteiger partial charge is 0.495 e. The summed E-state index contributed by atoms with van der Waals surface area (Å²) in [4.78, 5) is 79.2. The number of aromatic nitrogens is 4. The van der Waals surface area contributed by atoms with Gasteiger partial charge in [-0.15, -0.1) is 5.10 Å². The minimum Gasteiger partial charge on any atom is -0.495 e. The molecule has 296 valence electrons. The van der Waals surface area contributed by atoms with E-state index in [1.54, 1.807) is 19.2 Å². The topological polar surface area (TPSA) is 347 Å². The zero-order valence-corrected chi connectivity index (χ0v) is 30.8. The Kier molecular flexibility index (Phi) is 14.7. The molecule has 2 unspecified atom stereocenters. The number of carbonyl (C=O) groups is 5. The third-order valence-electron chi connectivity index (χ3n) is 7.98. The summed E-state index contributed by atoms with van der Waals surface area (Å²) in [5, 5.41) is 20.3. The molecule has 2 heterocycles. The van der Waals surface area contributed by atoms with Crippen LogP contribution in [0.5, 0.6) is 5.75 Å². The normalized spacial score (nSPS) is 12.2. The molecule has 2 aromatic heterocycles. The van der Waals surface area contributed by atoms with Crippen molar-refractivity contribution < 1.29 is 28.7 Å². The molecule has 0 aliphatic carbocycles. The maximum atomic E-state index is 13.2. The maximum absolute atomic E-state index is 13.2. The minimum atomic E-state index is -0.858. The van der Waals surface area contributed by atoms with E-state index in [9.17, 15) is 24.0 Å². The van der Waals surface area contributed by atoms with Crippen molar-refractivity contribution in [2.75, 3.05) is 49.3 Å². The first kappa shape index (κ1) is 41.6. The van der Waals surface area contributed by atoms with Crippen LogP contribution < -0.4 is 65.2 Å². The molecule has 4 aromatic rings. The third kappa shape index (κ3) is 11.2. The summed E-state index contributed by atoms with van der Waals surface area (Å²) in [7, 11) is 3.05. The number of amides is 4. The van der Waals surface area contributed by atoms with E-state index in [-0.39, 0.29) is 77.6 Å². The van der Waals surface area contributed by atoms with E-state index >= 15 is 0 Å². The molecule has 0 saturated heterocycles. The van der Waals surface area contributed by atoms with Crippen molar-refractivity contribution in [2.45, 2.75) is 38.4 Å². The first-order chi connectivity index (χ1) is 26.9. The van der Waals surface area contributed by atoms with E-state index in [2.05, 4.69) is 62.5 Å². The highest BCUT2D eigenvalue weighted by Gasteiger charge is 2.20. The number of rotatable bonds is 19. The number of nitrogens with zero attached hydrogens (tertiary/aromatic N) is 5. The molecule has 0 radical (unpaired) electrons. The van der Waals surface area contributed by atoms with Crippen molar-refractivity contribution in [1.29, 1.82) is 0 Å². The lowest BCUT2D eigenvalue weighted by Crippen LogP contribution is -2.44. The Morgan fingerprint density at radius 1 is 1.00 bits per heavy atom. The first-order valence-corrected chi connectivity index (χ1v) is 17.1. The lowest BCUT2D eigenvalue weighted by atomic mass is 10.0. The van der Waals surface area contributed by atoms with Crippen LogP contribution in [0.1, 0.15) is 51.7 Å². The van der Waals surface area contributed by atoms with Gasteiger partial charge < -0.3 is 58.6 Å². The van der Waals surface area contributed by atoms with Gasteiger partial charge >= 0.3 is 0 Å². The molecule has 0 bridgehead atoms. The van der Waals surface area contributed by atoms with Gasteiger partial charge in [-0.25, -0.2) is 21.3 Å². The number of methoxy groups -OCH3 is 1. The van der Waals surface area contributed by atoms with Gasteiger partial charge in [-0.3, -0.25) is 19.2 Å². The number of nitrogens with one attached hydrogen (secondary N) is 7. The first-order valence-electron chi connectivity index (χ1n) is 17.1. The van der Waals surface area contributed by atoms with Gasteiger partial charge in [-0.2, -0.15) is 9.97 Å². The number of hydrogen-bond acceptors (Lipinski definition) is 17. The van der Waals surface area contributed by atoms with Gasteiger partial charge in [0.1, 0.15) is 18.1 Å². The van der Waals surface area contributed by atoms with Crippen LogP contribution in [0.2, 0.25) is 0 Å². The van der Waals surface area contributed by atoms with Gasteiger partial charge in [0.05, 0.1) is 49.4 Å². The van der Waals surface area contributed by atoms with Crippen molar-refractivity contribution in [3.63, 3.8) is 0 Å². The standard InChI is InChI=1S/C34H44N16O6/c1-17(43-26(52)15-39-2)31(53)45-19-7-8-22(23(12-19)28(35)49-50-38)33(55)40-10-4-5-20(16-51)46-32(54)18-6-9-24(25(11-18)56-3)41-13-21-14-42-30-27(44-21)29(36)47-34(37)48-30/h6-9,11-12,14,16-17,20,39,41,50H,4-5,10,13,15,38H2,1-3H3,(H2,35,49)(H,40,55)(H,43,52)(H,45,53)(H,46,54)(H4,36,37,42,47,48). The second-order valence-corrected chi connectivity index (χ2v) is 12.1. The summed E-state index contributed by atoms with van der Waals surface area (Å²) < 4.78 is 5.48. The van der Waals surface area contributed by atoms with Crippen LogP contribution in [0.4, 0.5) is 23.1 Å². The molecule has 2 aromatic carbocycles. The maximum Gasteiger partial charge on any atom is 0.252 e. The summed E-state index contributed by atoms with van der Waals surface area (Å²) in [6.45, 7) is 1.92. The summed E-state index contributed by atoms with van der Waals surface area (Å²) >= 11 is 0. The van der Waals surface area contributed by atoms with Gasteiger partial charge in [0, 0.05) is 23.4 Å². The van der Waals surface area contributed by atoms with E-state index in [0.717, 1.165) is 0 Å². The Balaban J connectivity index is 1.31. The molecule has 0 saturated carbocycles. The van der Waals surface area contributed by atoms with Crippen LogP contribution in [0.25, 0.3) is 11.2 Å². The number of amidine groups is 1. The molecule has 0 fully saturated rings. The predicted molar refractivity (Wildman–Crippen MR) is 208 cm³/mol. The van der Waals surface area contributed by atoms with Crippen LogP contribution in [0.15, 0.2) is 47.7 Å². The highest BCUT2D eigenvalue weighted by atomic mass is 16.5. The number of aldehydes is 1. The number of carbonyl (C=O) groups excluding carboxylic acids is 5. The molecule has 2 atom stereocenters. The second kappa shape index (κ2) is 19.8. The summed E-state index contributed by atoms with van der Waals surface area (Å²) in [6, 6.07) is 7.38. The fourth-order valence-corrected chi connectivity index (χ4v) is 5.21. The summed E-state index contributed by atoms with van der Waals surface area (Å²) in [5.41, 5.74) is 22.1. The number of benzene rings is 2. The molecular formula is C34H44N16O6. The number of anilines is 4. The number of nitrogens with two attached hydrogens (primary N) is 4. The Labute approximate surface area is 320 Å². The number of ether oxygens (including phenoxy) is 1. The van der Waals surface area contributed by atoms with Crippen LogP contribution in [0, 0.1) is 0 Å². The molecule has 0 spiro atoms. The van der Waals surface area contributed by atoms with Gasteiger partial charge in [-0.05, 0) is 63.2 Å². The number of hydrazone groups is 1. The third-order valence-corrected chi connectivity index (χ3v) is 7.98. The van der Waals surface area contributed by atoms with Crippen LogP contribution in [-0.4, -0.2) is 95.0 Å². The monoisotopic (exact) mass is 772 g/mol. The highest BCUT2D eigenvalue weighted by molar-refractivity contribution is 6.10. The molecule has 56 heavy (non-hydrogen) atoms. The zero-order valence-electron chi connectivity index (χ0n) is 30.8. The van der Waals surface area contributed by atoms with Gasteiger partial charge in [0.2, 0.25) is 17.8 Å². The minimum absolute atomic E-state index is 0.00721. The van der Waals surface area contributed by atoms with Crippen LogP contribution in [-0.2, 0) is 20.9 Å². The molecule has 0 aliphatic rings. The highest BCUT2D eigenvalue weighted by Crippen LogP contribution is 2.26. The van der Waals surface area contributed by atoms with Crippen molar-refractivity contribution >= 4 is 70.1 Å². The molecule has 22 heteroatoms. The van der Waals surface area contributed by atoms with Crippen LogP contribution in [0.3, 0.4) is 0 Å². The number of hydrogen-bond donors (Lipinski definition) is 11. The Morgan fingerprint density at radius 3 is 2.50 bits per heavy atom. The molecular weight excluding hydrogens is 728 g/mol. The number of nitrogen functional groups attached to an aromatic ring is 2. The van der Waals surface area contributed by atoms with E-state index in [0.29, 0.717) is 35.4 Å². The summed E-state index contributed by atoms with van der Waals surface area (Å²) in [5.74, 6) is 3.70.